The van der Waals surface area contributed by atoms with Crippen molar-refractivity contribution in [2.45, 2.75) is 19.0 Å². The van der Waals surface area contributed by atoms with Crippen LogP contribution in [-0.2, 0) is 22.1 Å². The number of rotatable bonds is 5. The molecule has 2 rings (SSSR count). The van der Waals surface area contributed by atoms with Crippen LogP contribution in [0.3, 0.4) is 0 Å². The molecule has 2 aromatic rings. The molecule has 0 aliphatic carbocycles. The SMILES string of the molecule is COC(=O)CCc1cccc(Oc2ccc(Br)cc2C(F)(F)F)c1. The number of alkyl halides is 3. The van der Waals surface area contributed by atoms with Gasteiger partial charge >= 0.3 is 12.1 Å². The van der Waals surface area contributed by atoms with Crippen LogP contribution in [0.15, 0.2) is 46.9 Å². The largest absolute Gasteiger partial charge is 0.469 e. The Morgan fingerprint density at radius 1 is 1.17 bits per heavy atom. The van der Waals surface area contributed by atoms with Crippen molar-refractivity contribution in [3.63, 3.8) is 0 Å². The summed E-state index contributed by atoms with van der Waals surface area (Å²) in [6.45, 7) is 0. The highest BCUT2D eigenvalue weighted by Crippen LogP contribution is 2.39. The molecule has 2 aromatic carbocycles. The van der Waals surface area contributed by atoms with Gasteiger partial charge in [-0.15, -0.1) is 0 Å². The third-order valence-corrected chi connectivity index (χ3v) is 3.71. The summed E-state index contributed by atoms with van der Waals surface area (Å²) in [5, 5.41) is 0. The summed E-state index contributed by atoms with van der Waals surface area (Å²) >= 11 is 3.03. The van der Waals surface area contributed by atoms with Crippen LogP contribution in [-0.4, -0.2) is 13.1 Å². The van der Waals surface area contributed by atoms with Crippen LogP contribution in [0, 0.1) is 0 Å². The first-order valence-corrected chi connectivity index (χ1v) is 7.79. The van der Waals surface area contributed by atoms with Crippen molar-refractivity contribution < 1.29 is 27.4 Å². The lowest BCUT2D eigenvalue weighted by Crippen LogP contribution is -2.07. The van der Waals surface area contributed by atoms with Crippen molar-refractivity contribution in [2.75, 3.05) is 7.11 Å². The van der Waals surface area contributed by atoms with Crippen LogP contribution in [0.4, 0.5) is 13.2 Å². The van der Waals surface area contributed by atoms with E-state index in [4.69, 9.17) is 4.74 Å². The van der Waals surface area contributed by atoms with Crippen LogP contribution in [0.25, 0.3) is 0 Å². The van der Waals surface area contributed by atoms with Crippen molar-refractivity contribution in [1.29, 1.82) is 0 Å². The maximum atomic E-state index is 13.1. The second-order valence-corrected chi connectivity index (χ2v) is 5.88. The maximum Gasteiger partial charge on any atom is 0.420 e. The molecule has 128 valence electrons. The average molecular weight is 403 g/mol. The van der Waals surface area contributed by atoms with Gasteiger partial charge in [0.25, 0.3) is 0 Å². The molecular formula is C17H14BrF3O3. The number of aryl methyl sites for hydroxylation is 1. The van der Waals surface area contributed by atoms with Gasteiger partial charge in [-0.2, -0.15) is 13.2 Å². The van der Waals surface area contributed by atoms with Crippen molar-refractivity contribution in [2.24, 2.45) is 0 Å². The molecule has 0 aliphatic heterocycles. The second-order valence-electron chi connectivity index (χ2n) is 4.96. The lowest BCUT2D eigenvalue weighted by Gasteiger charge is -2.14. The zero-order valence-electron chi connectivity index (χ0n) is 12.7. The molecule has 0 atom stereocenters. The average Bonchev–Trinajstić information content (AvgIpc) is 2.53. The highest BCUT2D eigenvalue weighted by molar-refractivity contribution is 9.10. The normalized spacial score (nSPS) is 11.2. The summed E-state index contributed by atoms with van der Waals surface area (Å²) in [5.74, 6) is -0.366. The number of ether oxygens (including phenoxy) is 2. The highest BCUT2D eigenvalue weighted by Gasteiger charge is 2.34. The topological polar surface area (TPSA) is 35.5 Å². The fourth-order valence-corrected chi connectivity index (χ4v) is 2.41. The molecule has 0 unspecified atom stereocenters. The molecular weight excluding hydrogens is 389 g/mol. The summed E-state index contributed by atoms with van der Waals surface area (Å²) < 4.78 is 49.6. The molecule has 7 heteroatoms. The molecule has 0 saturated carbocycles. The molecule has 0 heterocycles. The van der Waals surface area contributed by atoms with E-state index in [0.717, 1.165) is 11.6 Å². The molecule has 0 bridgehead atoms. The number of halogens is 4. The molecule has 0 fully saturated rings. The Bertz CT molecular complexity index is 729. The predicted octanol–water partition coefficient (Wildman–Crippen LogP) is 5.37. The Balaban J connectivity index is 2.21. The smallest absolute Gasteiger partial charge is 0.420 e. The number of hydrogen-bond acceptors (Lipinski definition) is 3. The van der Waals surface area contributed by atoms with Crippen molar-refractivity contribution >= 4 is 21.9 Å². The van der Waals surface area contributed by atoms with Crippen LogP contribution >= 0.6 is 15.9 Å². The van der Waals surface area contributed by atoms with Gasteiger partial charge in [0.15, 0.2) is 0 Å². The zero-order valence-corrected chi connectivity index (χ0v) is 14.3. The molecule has 0 aliphatic rings. The molecule has 0 aromatic heterocycles. The minimum absolute atomic E-state index is 0.187. The van der Waals surface area contributed by atoms with Crippen LogP contribution in [0.1, 0.15) is 17.5 Å². The quantitative estimate of drug-likeness (QED) is 0.631. The lowest BCUT2D eigenvalue weighted by atomic mass is 10.1. The monoisotopic (exact) mass is 402 g/mol. The van der Waals surface area contributed by atoms with Crippen LogP contribution in [0.5, 0.6) is 11.5 Å². The van der Waals surface area contributed by atoms with E-state index in [9.17, 15) is 18.0 Å². The number of methoxy groups -OCH3 is 1. The fraction of sp³-hybridized carbons (Fsp3) is 0.235. The summed E-state index contributed by atoms with van der Waals surface area (Å²) in [4.78, 5) is 11.2. The van der Waals surface area contributed by atoms with E-state index in [1.54, 1.807) is 24.3 Å². The molecule has 0 N–H and O–H groups in total. The summed E-state index contributed by atoms with van der Waals surface area (Å²) in [5.41, 5.74) is -0.0968. The van der Waals surface area contributed by atoms with Crippen molar-refractivity contribution in [3.8, 4) is 11.5 Å². The Labute approximate surface area is 145 Å². The van der Waals surface area contributed by atoms with Gasteiger partial charge in [0.05, 0.1) is 12.7 Å². The first-order chi connectivity index (χ1) is 11.3. The van der Waals surface area contributed by atoms with E-state index in [-0.39, 0.29) is 23.9 Å². The van der Waals surface area contributed by atoms with Gasteiger partial charge in [-0.1, -0.05) is 28.1 Å². The number of hydrogen-bond donors (Lipinski definition) is 0. The molecule has 3 nitrogen and oxygen atoms in total. The molecule has 0 saturated heterocycles. The molecule has 0 amide bonds. The summed E-state index contributed by atoms with van der Waals surface area (Å²) in [6, 6.07) is 10.3. The first-order valence-electron chi connectivity index (χ1n) is 7.00. The van der Waals surface area contributed by atoms with E-state index in [1.807, 2.05) is 0 Å². The third kappa shape index (κ3) is 4.99. The first kappa shape index (κ1) is 18.3. The Morgan fingerprint density at radius 3 is 2.58 bits per heavy atom. The van der Waals surface area contributed by atoms with E-state index in [1.165, 1.54) is 19.2 Å². The van der Waals surface area contributed by atoms with Gasteiger partial charge < -0.3 is 9.47 Å². The lowest BCUT2D eigenvalue weighted by molar-refractivity contribution is -0.140. The number of carbonyl (C=O) groups is 1. The van der Waals surface area contributed by atoms with Gasteiger partial charge in [0.1, 0.15) is 11.5 Å². The van der Waals surface area contributed by atoms with Crippen molar-refractivity contribution in [1.82, 2.24) is 0 Å². The van der Waals surface area contributed by atoms with E-state index >= 15 is 0 Å². The van der Waals surface area contributed by atoms with Crippen molar-refractivity contribution in [3.05, 3.63) is 58.1 Å². The van der Waals surface area contributed by atoms with E-state index in [0.29, 0.717) is 10.9 Å². The van der Waals surface area contributed by atoms with Gasteiger partial charge in [-0.05, 0) is 42.3 Å². The number of benzene rings is 2. The van der Waals surface area contributed by atoms with Gasteiger partial charge in [0, 0.05) is 10.9 Å². The predicted molar refractivity (Wildman–Crippen MR) is 86.0 cm³/mol. The van der Waals surface area contributed by atoms with E-state index < -0.39 is 11.7 Å². The molecule has 24 heavy (non-hydrogen) atoms. The Kier molecular flexibility index (Phi) is 5.88. The van der Waals surface area contributed by atoms with Gasteiger partial charge in [-0.3, -0.25) is 4.79 Å². The molecule has 0 radical (unpaired) electrons. The third-order valence-electron chi connectivity index (χ3n) is 3.22. The number of esters is 1. The van der Waals surface area contributed by atoms with Gasteiger partial charge in [-0.25, -0.2) is 0 Å². The minimum atomic E-state index is -4.53. The Hall–Kier alpha value is -2.02. The second kappa shape index (κ2) is 7.70. The van der Waals surface area contributed by atoms with E-state index in [2.05, 4.69) is 20.7 Å². The maximum absolute atomic E-state index is 13.1. The minimum Gasteiger partial charge on any atom is -0.469 e. The molecule has 0 spiro atoms. The van der Waals surface area contributed by atoms with Gasteiger partial charge in [0.2, 0.25) is 0 Å². The van der Waals surface area contributed by atoms with Crippen LogP contribution in [0.2, 0.25) is 0 Å². The highest BCUT2D eigenvalue weighted by atomic mass is 79.9. The summed E-state index contributed by atoms with van der Waals surface area (Å²) in [6.07, 6.45) is -3.93. The summed E-state index contributed by atoms with van der Waals surface area (Å²) in [7, 11) is 1.30. The fourth-order valence-electron chi connectivity index (χ4n) is 2.05. The van der Waals surface area contributed by atoms with Crippen LogP contribution < -0.4 is 4.74 Å². The zero-order chi connectivity index (χ0) is 17.7. The standard InChI is InChI=1S/C17H14BrF3O3/c1-23-16(22)8-5-11-3-2-4-13(9-11)24-15-7-6-12(18)10-14(15)17(19,20)21/h2-4,6-7,9-10H,5,8H2,1H3. The number of carbonyl (C=O) groups excluding carboxylic acids is 1. The Morgan fingerprint density at radius 2 is 1.92 bits per heavy atom.